The highest BCUT2D eigenvalue weighted by Gasteiger charge is 2.29. The zero-order valence-electron chi connectivity index (χ0n) is 15.3. The van der Waals surface area contributed by atoms with Gasteiger partial charge in [0.05, 0.1) is 13.2 Å². The van der Waals surface area contributed by atoms with Gasteiger partial charge in [0.15, 0.2) is 5.60 Å². The fraction of sp³-hybridized carbons (Fsp3) is 0.364. The van der Waals surface area contributed by atoms with Gasteiger partial charge in [0.25, 0.3) is 0 Å². The molecule has 1 unspecified atom stereocenters. The van der Waals surface area contributed by atoms with Gasteiger partial charge in [-0.15, -0.1) is 6.42 Å². The Labute approximate surface area is 160 Å². The van der Waals surface area contributed by atoms with Crippen LogP contribution >= 0.6 is 0 Å². The Morgan fingerprint density at radius 2 is 1.70 bits per heavy atom. The van der Waals surface area contributed by atoms with Crippen LogP contribution < -0.4 is 9.64 Å². The van der Waals surface area contributed by atoms with Crippen LogP contribution in [0, 0.1) is 12.3 Å². The van der Waals surface area contributed by atoms with Crippen LogP contribution in [0.3, 0.4) is 0 Å². The summed E-state index contributed by atoms with van der Waals surface area (Å²) in [6.07, 6.45) is 6.70. The van der Waals surface area contributed by atoms with Crippen molar-refractivity contribution in [3.05, 3.63) is 59.7 Å². The van der Waals surface area contributed by atoms with Gasteiger partial charge in [0.2, 0.25) is 0 Å². The highest BCUT2D eigenvalue weighted by atomic mass is 16.5. The Morgan fingerprint density at radius 1 is 1.04 bits per heavy atom. The second-order valence-electron chi connectivity index (χ2n) is 6.45. The number of aliphatic hydroxyl groups excluding tert-OH is 1. The lowest BCUT2D eigenvalue weighted by Gasteiger charge is -2.26. The first-order valence-corrected chi connectivity index (χ1v) is 9.15. The number of terminal acetylenes is 1. The lowest BCUT2D eigenvalue weighted by atomic mass is 9.87. The van der Waals surface area contributed by atoms with Crippen LogP contribution in [0.1, 0.15) is 17.5 Å². The molecule has 1 fully saturated rings. The second kappa shape index (κ2) is 8.92. The van der Waals surface area contributed by atoms with Crippen molar-refractivity contribution in [1.82, 2.24) is 0 Å². The van der Waals surface area contributed by atoms with Crippen molar-refractivity contribution in [1.29, 1.82) is 0 Å². The predicted molar refractivity (Wildman–Crippen MR) is 105 cm³/mol. The zero-order valence-corrected chi connectivity index (χ0v) is 15.3. The zero-order chi connectivity index (χ0) is 19.1. The van der Waals surface area contributed by atoms with E-state index in [9.17, 15) is 5.11 Å². The van der Waals surface area contributed by atoms with Gasteiger partial charge >= 0.3 is 0 Å². The fourth-order valence-electron chi connectivity index (χ4n) is 3.21. The van der Waals surface area contributed by atoms with Crippen LogP contribution in [-0.2, 0) is 10.3 Å². The summed E-state index contributed by atoms with van der Waals surface area (Å²) in [5, 5.41) is 20.0. The van der Waals surface area contributed by atoms with Gasteiger partial charge in [0.1, 0.15) is 12.4 Å². The minimum Gasteiger partial charge on any atom is -0.491 e. The SMILES string of the molecule is C#CC(O)(c1ccc(OCCO)cc1)c1ccc(N2CCCOCC2)cc1. The molecule has 2 N–H and O–H groups in total. The minimum absolute atomic E-state index is 0.0501. The van der Waals surface area contributed by atoms with Crippen molar-refractivity contribution in [3.8, 4) is 18.1 Å². The lowest BCUT2D eigenvalue weighted by Crippen LogP contribution is -2.27. The van der Waals surface area contributed by atoms with Crippen molar-refractivity contribution in [2.45, 2.75) is 12.0 Å². The van der Waals surface area contributed by atoms with Gasteiger partial charge in [-0.25, -0.2) is 0 Å². The van der Waals surface area contributed by atoms with E-state index in [4.69, 9.17) is 21.0 Å². The molecule has 1 heterocycles. The number of nitrogens with zero attached hydrogens (tertiary/aromatic N) is 1. The summed E-state index contributed by atoms with van der Waals surface area (Å²) in [6, 6.07) is 14.7. The molecule has 5 heteroatoms. The molecule has 5 nitrogen and oxygen atoms in total. The molecular formula is C22H25NO4. The molecule has 0 spiro atoms. The van der Waals surface area contributed by atoms with E-state index < -0.39 is 5.60 Å². The number of anilines is 1. The maximum Gasteiger partial charge on any atom is 0.176 e. The summed E-state index contributed by atoms with van der Waals surface area (Å²) in [5.41, 5.74) is 0.813. The molecule has 0 saturated carbocycles. The maximum absolute atomic E-state index is 11.1. The van der Waals surface area contributed by atoms with Gasteiger partial charge in [-0.05, 0) is 30.7 Å². The van der Waals surface area contributed by atoms with Gasteiger partial charge in [-0.2, -0.15) is 0 Å². The number of hydrogen-bond acceptors (Lipinski definition) is 5. The van der Waals surface area contributed by atoms with E-state index in [1.54, 1.807) is 24.3 Å². The van der Waals surface area contributed by atoms with Crippen molar-refractivity contribution < 1.29 is 19.7 Å². The molecule has 0 aliphatic carbocycles. The highest BCUT2D eigenvalue weighted by molar-refractivity contribution is 5.52. The lowest BCUT2D eigenvalue weighted by molar-refractivity contribution is 0.145. The standard InChI is InChI=1S/C22H25NO4/c1-2-22(25,19-6-10-21(11-7-19)27-17-14-24)18-4-8-20(9-5-18)23-12-3-15-26-16-13-23/h1,4-11,24-25H,3,12-17H2. The Hall–Kier alpha value is -2.52. The molecular weight excluding hydrogens is 342 g/mol. The van der Waals surface area contributed by atoms with E-state index in [1.807, 2.05) is 24.3 Å². The third-order valence-corrected chi connectivity index (χ3v) is 4.71. The minimum atomic E-state index is -1.52. The molecule has 142 valence electrons. The first-order valence-electron chi connectivity index (χ1n) is 9.15. The maximum atomic E-state index is 11.1. The van der Waals surface area contributed by atoms with Crippen LogP contribution in [0.15, 0.2) is 48.5 Å². The average molecular weight is 367 g/mol. The summed E-state index contributed by atoms with van der Waals surface area (Å²) in [5.74, 6) is 3.14. The molecule has 0 bridgehead atoms. The average Bonchev–Trinajstić information content (AvgIpc) is 3.02. The third-order valence-electron chi connectivity index (χ3n) is 4.71. The summed E-state index contributed by atoms with van der Waals surface area (Å²) in [7, 11) is 0. The van der Waals surface area contributed by atoms with Crippen LogP contribution in [0.5, 0.6) is 5.75 Å². The molecule has 1 aliphatic heterocycles. The van der Waals surface area contributed by atoms with E-state index in [-0.39, 0.29) is 13.2 Å². The van der Waals surface area contributed by atoms with E-state index in [1.165, 1.54) is 0 Å². The number of hydrogen-bond donors (Lipinski definition) is 2. The van der Waals surface area contributed by atoms with Crippen molar-refractivity contribution in [3.63, 3.8) is 0 Å². The van der Waals surface area contributed by atoms with Crippen molar-refractivity contribution >= 4 is 5.69 Å². The summed E-state index contributed by atoms with van der Waals surface area (Å²) >= 11 is 0. The molecule has 0 radical (unpaired) electrons. The number of benzene rings is 2. The van der Waals surface area contributed by atoms with Gasteiger partial charge in [-0.3, -0.25) is 0 Å². The molecule has 1 aliphatic rings. The van der Waals surface area contributed by atoms with Gasteiger partial charge < -0.3 is 24.6 Å². The van der Waals surface area contributed by atoms with Gasteiger partial charge in [0, 0.05) is 36.5 Å². The van der Waals surface area contributed by atoms with E-state index in [0.29, 0.717) is 16.9 Å². The molecule has 2 aromatic rings. The van der Waals surface area contributed by atoms with Crippen LogP contribution in [0.2, 0.25) is 0 Å². The fourth-order valence-corrected chi connectivity index (χ4v) is 3.21. The summed E-state index contributed by atoms with van der Waals surface area (Å²) in [4.78, 5) is 2.28. The predicted octanol–water partition coefficient (Wildman–Crippen LogP) is 2.15. The molecule has 27 heavy (non-hydrogen) atoms. The third kappa shape index (κ3) is 4.42. The van der Waals surface area contributed by atoms with Crippen molar-refractivity contribution in [2.75, 3.05) is 44.4 Å². The van der Waals surface area contributed by atoms with E-state index in [0.717, 1.165) is 38.4 Å². The number of rotatable bonds is 6. The summed E-state index contributed by atoms with van der Waals surface area (Å²) < 4.78 is 10.9. The molecule has 0 amide bonds. The first kappa shape index (κ1) is 19.2. The van der Waals surface area contributed by atoms with Crippen LogP contribution in [0.4, 0.5) is 5.69 Å². The molecule has 2 aromatic carbocycles. The number of aliphatic hydroxyl groups is 2. The first-order chi connectivity index (χ1) is 13.2. The Kier molecular flexibility index (Phi) is 6.36. The Balaban J connectivity index is 1.80. The quantitative estimate of drug-likeness (QED) is 0.766. The van der Waals surface area contributed by atoms with E-state index in [2.05, 4.69) is 10.8 Å². The molecule has 1 saturated heterocycles. The molecule has 3 rings (SSSR count). The van der Waals surface area contributed by atoms with E-state index >= 15 is 0 Å². The van der Waals surface area contributed by atoms with Crippen LogP contribution in [0.25, 0.3) is 0 Å². The number of ether oxygens (including phenoxy) is 2. The largest absolute Gasteiger partial charge is 0.491 e. The smallest absolute Gasteiger partial charge is 0.176 e. The Morgan fingerprint density at radius 3 is 2.33 bits per heavy atom. The summed E-state index contributed by atoms with van der Waals surface area (Å²) in [6.45, 7) is 3.50. The van der Waals surface area contributed by atoms with Crippen molar-refractivity contribution in [2.24, 2.45) is 0 Å². The monoisotopic (exact) mass is 367 g/mol. The normalized spacial score (nSPS) is 16.9. The molecule has 1 atom stereocenters. The topological polar surface area (TPSA) is 62.2 Å². The molecule has 0 aromatic heterocycles. The second-order valence-corrected chi connectivity index (χ2v) is 6.45. The van der Waals surface area contributed by atoms with Gasteiger partial charge in [-0.1, -0.05) is 30.2 Å². The highest BCUT2D eigenvalue weighted by Crippen LogP contribution is 2.31. The Bertz CT molecular complexity index is 758. The van der Waals surface area contributed by atoms with Crippen LogP contribution in [-0.4, -0.2) is 49.7 Å².